The number of aryl methyl sites for hydroxylation is 1. The molecule has 2 rings (SSSR count). The number of guanidine groups is 1. The Morgan fingerprint density at radius 1 is 1.04 bits per heavy atom. The topological polar surface area (TPSA) is 36.4 Å². The number of aliphatic imine (C=N–C) groups is 1. The Kier molecular flexibility index (Phi) is 8.67. The van der Waals surface area contributed by atoms with Crippen LogP contribution in [0, 0.1) is 18.6 Å². The van der Waals surface area contributed by atoms with E-state index in [9.17, 15) is 8.78 Å². The first kappa shape index (κ1) is 20.3. The molecule has 0 heterocycles. The van der Waals surface area contributed by atoms with Gasteiger partial charge in [0.1, 0.15) is 11.6 Å². The summed E-state index contributed by atoms with van der Waals surface area (Å²) in [6, 6.07) is 11.7. The molecule has 0 unspecified atom stereocenters. The number of nitrogens with one attached hydrogen (secondary N) is 2. The maximum absolute atomic E-state index is 13.5. The molecule has 6 heteroatoms. The molecule has 0 radical (unpaired) electrons. The molecule has 2 N–H and O–H groups in total. The maximum atomic E-state index is 13.5. The van der Waals surface area contributed by atoms with Crippen molar-refractivity contribution < 1.29 is 8.78 Å². The van der Waals surface area contributed by atoms with Crippen molar-refractivity contribution in [2.45, 2.75) is 19.9 Å². The molecule has 130 valence electrons. The Morgan fingerprint density at radius 2 is 1.79 bits per heavy atom. The molecule has 24 heavy (non-hydrogen) atoms. The van der Waals surface area contributed by atoms with E-state index >= 15 is 0 Å². The second kappa shape index (κ2) is 10.2. The SMILES string of the molecule is CN=C(NCCc1ccccc1F)NCc1ccc(F)c(C)c1.I. The van der Waals surface area contributed by atoms with Gasteiger partial charge in [-0.1, -0.05) is 30.3 Å². The van der Waals surface area contributed by atoms with Gasteiger partial charge in [0, 0.05) is 20.1 Å². The summed E-state index contributed by atoms with van der Waals surface area (Å²) < 4.78 is 26.8. The van der Waals surface area contributed by atoms with E-state index in [0.717, 1.165) is 5.56 Å². The molecule has 0 saturated carbocycles. The van der Waals surface area contributed by atoms with E-state index in [-0.39, 0.29) is 35.6 Å². The predicted molar refractivity (Wildman–Crippen MR) is 105 cm³/mol. The highest BCUT2D eigenvalue weighted by Gasteiger charge is 2.03. The van der Waals surface area contributed by atoms with Crippen molar-refractivity contribution in [3.63, 3.8) is 0 Å². The van der Waals surface area contributed by atoms with E-state index in [1.54, 1.807) is 38.2 Å². The molecule has 2 aromatic rings. The van der Waals surface area contributed by atoms with Gasteiger partial charge in [-0.25, -0.2) is 8.78 Å². The van der Waals surface area contributed by atoms with Crippen LogP contribution >= 0.6 is 24.0 Å². The lowest BCUT2D eigenvalue weighted by atomic mass is 10.1. The van der Waals surface area contributed by atoms with Crippen LogP contribution in [0.1, 0.15) is 16.7 Å². The van der Waals surface area contributed by atoms with Gasteiger partial charge in [0.05, 0.1) is 0 Å². The zero-order chi connectivity index (χ0) is 16.7. The summed E-state index contributed by atoms with van der Waals surface area (Å²) >= 11 is 0. The largest absolute Gasteiger partial charge is 0.356 e. The molecule has 0 spiro atoms. The summed E-state index contributed by atoms with van der Waals surface area (Å²) in [5.74, 6) is 0.225. The fourth-order valence-corrected chi connectivity index (χ4v) is 2.24. The highest BCUT2D eigenvalue weighted by atomic mass is 127. The van der Waals surface area contributed by atoms with Gasteiger partial charge in [0.25, 0.3) is 0 Å². The van der Waals surface area contributed by atoms with E-state index in [1.165, 1.54) is 12.1 Å². The summed E-state index contributed by atoms with van der Waals surface area (Å²) in [6.45, 7) is 2.85. The second-order valence-electron chi connectivity index (χ2n) is 5.28. The van der Waals surface area contributed by atoms with Gasteiger partial charge in [-0.15, -0.1) is 24.0 Å². The van der Waals surface area contributed by atoms with E-state index in [1.807, 2.05) is 6.07 Å². The standard InChI is InChI=1S/C18H21F2N3.HI/c1-13-11-14(7-8-16(13)19)12-23-18(21-2)22-10-9-15-5-3-4-6-17(15)20;/h3-8,11H,9-10,12H2,1-2H3,(H2,21,22,23);1H. The highest BCUT2D eigenvalue weighted by Crippen LogP contribution is 2.09. The monoisotopic (exact) mass is 445 g/mol. The predicted octanol–water partition coefficient (Wildman–Crippen LogP) is 3.80. The van der Waals surface area contributed by atoms with Crippen LogP contribution in [0.5, 0.6) is 0 Å². The van der Waals surface area contributed by atoms with Crippen LogP contribution in [-0.2, 0) is 13.0 Å². The molecule has 0 fully saturated rings. The van der Waals surface area contributed by atoms with Crippen LogP contribution < -0.4 is 10.6 Å². The van der Waals surface area contributed by atoms with Crippen LogP contribution in [0.15, 0.2) is 47.5 Å². The van der Waals surface area contributed by atoms with Gasteiger partial charge in [-0.2, -0.15) is 0 Å². The number of halogens is 3. The van der Waals surface area contributed by atoms with Gasteiger partial charge in [-0.05, 0) is 42.2 Å². The first-order valence-corrected chi connectivity index (χ1v) is 7.53. The van der Waals surface area contributed by atoms with Gasteiger partial charge in [-0.3, -0.25) is 4.99 Å². The van der Waals surface area contributed by atoms with Crippen LogP contribution in [-0.4, -0.2) is 19.6 Å². The Bertz CT molecular complexity index is 690. The van der Waals surface area contributed by atoms with Gasteiger partial charge >= 0.3 is 0 Å². The first-order valence-electron chi connectivity index (χ1n) is 7.53. The summed E-state index contributed by atoms with van der Waals surface area (Å²) in [7, 11) is 1.67. The summed E-state index contributed by atoms with van der Waals surface area (Å²) in [6.07, 6.45) is 0.572. The third kappa shape index (κ3) is 6.07. The Balaban J connectivity index is 0.00000288. The Labute approximate surface area is 158 Å². The van der Waals surface area contributed by atoms with Crippen molar-refractivity contribution in [2.24, 2.45) is 4.99 Å². The van der Waals surface area contributed by atoms with Crippen molar-refractivity contribution in [3.05, 3.63) is 70.8 Å². The molecule has 0 aliphatic carbocycles. The smallest absolute Gasteiger partial charge is 0.191 e. The first-order chi connectivity index (χ1) is 11.1. The molecule has 0 atom stereocenters. The molecule has 0 amide bonds. The average molecular weight is 445 g/mol. The number of rotatable bonds is 5. The Morgan fingerprint density at radius 3 is 2.46 bits per heavy atom. The fourth-order valence-electron chi connectivity index (χ4n) is 2.24. The van der Waals surface area contributed by atoms with Crippen molar-refractivity contribution >= 4 is 29.9 Å². The van der Waals surface area contributed by atoms with Gasteiger partial charge < -0.3 is 10.6 Å². The van der Waals surface area contributed by atoms with Crippen LogP contribution in [0.2, 0.25) is 0 Å². The van der Waals surface area contributed by atoms with E-state index < -0.39 is 0 Å². The molecule has 0 aromatic heterocycles. The minimum absolute atomic E-state index is 0. The number of hydrogen-bond donors (Lipinski definition) is 2. The summed E-state index contributed by atoms with van der Waals surface area (Å²) in [4.78, 5) is 4.12. The number of nitrogens with zero attached hydrogens (tertiary/aromatic N) is 1. The van der Waals surface area contributed by atoms with Gasteiger partial charge in [0.2, 0.25) is 0 Å². The molecule has 0 aliphatic heterocycles. The average Bonchev–Trinajstić information content (AvgIpc) is 2.55. The maximum Gasteiger partial charge on any atom is 0.191 e. The minimum atomic E-state index is -0.207. The highest BCUT2D eigenvalue weighted by molar-refractivity contribution is 14.0. The van der Waals surface area contributed by atoms with E-state index in [0.29, 0.717) is 36.6 Å². The van der Waals surface area contributed by atoms with Crippen LogP contribution in [0.3, 0.4) is 0 Å². The molecule has 2 aromatic carbocycles. The van der Waals surface area contributed by atoms with E-state index in [4.69, 9.17) is 0 Å². The second-order valence-corrected chi connectivity index (χ2v) is 5.28. The van der Waals surface area contributed by atoms with Crippen molar-refractivity contribution in [3.8, 4) is 0 Å². The quantitative estimate of drug-likeness (QED) is 0.418. The fraction of sp³-hybridized carbons (Fsp3) is 0.278. The summed E-state index contributed by atoms with van der Waals surface area (Å²) in [5.41, 5.74) is 2.26. The van der Waals surface area contributed by atoms with Crippen LogP contribution in [0.25, 0.3) is 0 Å². The molecule has 0 bridgehead atoms. The van der Waals surface area contributed by atoms with Crippen molar-refractivity contribution in [1.82, 2.24) is 10.6 Å². The Hall–Kier alpha value is -1.70. The van der Waals surface area contributed by atoms with Crippen molar-refractivity contribution in [2.75, 3.05) is 13.6 Å². The molecule has 0 saturated heterocycles. The molecule has 0 aliphatic rings. The van der Waals surface area contributed by atoms with Gasteiger partial charge in [0.15, 0.2) is 5.96 Å². The third-order valence-corrected chi connectivity index (χ3v) is 3.55. The molecule has 3 nitrogen and oxygen atoms in total. The normalized spacial score (nSPS) is 10.9. The van der Waals surface area contributed by atoms with Crippen LogP contribution in [0.4, 0.5) is 8.78 Å². The number of hydrogen-bond acceptors (Lipinski definition) is 1. The zero-order valence-corrected chi connectivity index (χ0v) is 16.1. The lowest BCUT2D eigenvalue weighted by Gasteiger charge is -2.12. The zero-order valence-electron chi connectivity index (χ0n) is 13.8. The van der Waals surface area contributed by atoms with E-state index in [2.05, 4.69) is 15.6 Å². The third-order valence-electron chi connectivity index (χ3n) is 3.55. The minimum Gasteiger partial charge on any atom is -0.356 e. The molecular weight excluding hydrogens is 423 g/mol. The lowest BCUT2D eigenvalue weighted by molar-refractivity contribution is 0.606. The van der Waals surface area contributed by atoms with Crippen molar-refractivity contribution in [1.29, 1.82) is 0 Å². The summed E-state index contributed by atoms with van der Waals surface area (Å²) in [5, 5.41) is 6.30. The lowest BCUT2D eigenvalue weighted by Crippen LogP contribution is -2.37. The molecular formula is C18H22F2IN3. The number of benzene rings is 2.